The zero-order valence-electron chi connectivity index (χ0n) is 8.21. The van der Waals surface area contributed by atoms with Crippen LogP contribution in [0.4, 0.5) is 0 Å². The van der Waals surface area contributed by atoms with E-state index in [1.807, 2.05) is 16.1 Å². The van der Waals surface area contributed by atoms with Gasteiger partial charge in [0.25, 0.3) is 12.2 Å². The number of aliphatic imine (C=N–C) groups is 3. The van der Waals surface area contributed by atoms with Gasteiger partial charge in [0.15, 0.2) is 5.01 Å². The summed E-state index contributed by atoms with van der Waals surface area (Å²) in [5, 5.41) is 3.20. The van der Waals surface area contributed by atoms with Gasteiger partial charge in [0, 0.05) is 5.38 Å². The number of hydrogen-bond acceptors (Lipinski definition) is 8. The summed E-state index contributed by atoms with van der Waals surface area (Å²) < 4.78 is 32.2. The van der Waals surface area contributed by atoms with E-state index >= 15 is 0 Å². The van der Waals surface area contributed by atoms with E-state index in [2.05, 4.69) is 15.0 Å². The fraction of sp³-hybridized carbons (Fsp3) is 0.143. The number of halogens is 1. The maximum atomic E-state index is 8.83. The average molecular weight is 280 g/mol. The van der Waals surface area contributed by atoms with Gasteiger partial charge in [-0.25, -0.2) is 4.99 Å². The zero-order chi connectivity index (χ0) is 12.5. The van der Waals surface area contributed by atoms with Crippen LogP contribution in [-0.4, -0.2) is 32.5 Å². The van der Waals surface area contributed by atoms with E-state index in [1.165, 1.54) is 5.01 Å². The van der Waals surface area contributed by atoms with Crippen molar-refractivity contribution in [1.29, 1.82) is 0 Å². The van der Waals surface area contributed by atoms with E-state index in [0.29, 0.717) is 0 Å². The van der Waals surface area contributed by atoms with Gasteiger partial charge < -0.3 is 0 Å². The molecule has 10 heteroatoms. The summed E-state index contributed by atoms with van der Waals surface area (Å²) in [5.41, 5.74) is 0. The molecule has 0 fully saturated rings. The molecule has 0 aliphatic carbocycles. The van der Waals surface area contributed by atoms with Crippen LogP contribution in [0.3, 0.4) is 0 Å². The molecule has 3 N–H and O–H groups in total. The van der Waals surface area contributed by atoms with Crippen molar-refractivity contribution < 1.29 is 33.4 Å². The second kappa shape index (κ2) is 4.56. The van der Waals surface area contributed by atoms with Crippen molar-refractivity contribution in [3.05, 3.63) is 16.6 Å². The van der Waals surface area contributed by atoms with Gasteiger partial charge in [-0.3, -0.25) is 0 Å². The predicted molar refractivity (Wildman–Crippen MR) is 53.7 cm³/mol. The zero-order valence-corrected chi connectivity index (χ0v) is 9.78. The molecule has 0 saturated heterocycles. The van der Waals surface area contributed by atoms with Crippen LogP contribution < -0.4 is 9.23 Å². The molecule has 92 valence electrons. The summed E-state index contributed by atoms with van der Waals surface area (Å²) in [4.78, 5) is 12.4. The van der Waals surface area contributed by atoms with Crippen LogP contribution in [0.2, 0.25) is 0 Å². The Kier molecular flexibility index (Phi) is 3.28. The van der Waals surface area contributed by atoms with Crippen LogP contribution in [-0.2, 0) is 0 Å². The van der Waals surface area contributed by atoms with Crippen molar-refractivity contribution in [3.63, 3.8) is 0 Å². The molecule has 2 aliphatic rings. The van der Waals surface area contributed by atoms with Gasteiger partial charge in [0.05, 0.1) is 0 Å². The molecule has 1 aromatic rings. The van der Waals surface area contributed by atoms with Gasteiger partial charge in [-0.2, -0.15) is 9.56 Å². The summed E-state index contributed by atoms with van der Waals surface area (Å²) in [7, 11) is -4.19. The Morgan fingerprint density at radius 3 is 2.82 bits per heavy atom. The molecule has 0 radical (unpaired) electrons. The Morgan fingerprint density at radius 1 is 1.41 bits per heavy atom. The third kappa shape index (κ3) is 3.12. The minimum absolute atomic E-state index is 0.0509. The topological polar surface area (TPSA) is 125 Å². The molecule has 3 rings (SSSR count). The Labute approximate surface area is 101 Å². The standard InChI is InChI=1S/C7H5N4S.ClH3O4/c1-2-12-7-5-6(9-3-8-5)10-4-11(1)7;2-1(3,4)5/h1-5H;2-4H/q+1;. The number of amidine groups is 1. The molecule has 2 aliphatic heterocycles. The van der Waals surface area contributed by atoms with Crippen molar-refractivity contribution in [2.45, 2.75) is 6.04 Å². The first-order chi connectivity index (χ1) is 7.95. The molecular formula is C7H8ClN4O4S+. The second-order valence-corrected chi connectivity index (χ2v) is 4.77. The number of hydrogen-bond donors (Lipinski definition) is 3. The van der Waals surface area contributed by atoms with Crippen molar-refractivity contribution in [1.82, 2.24) is 0 Å². The Morgan fingerprint density at radius 2 is 2.12 bits per heavy atom. The van der Waals surface area contributed by atoms with Gasteiger partial charge in [-0.05, 0) is 4.99 Å². The van der Waals surface area contributed by atoms with Gasteiger partial charge in [0.2, 0.25) is 6.04 Å². The molecule has 0 aromatic carbocycles. The third-order valence-electron chi connectivity index (χ3n) is 1.86. The fourth-order valence-corrected chi connectivity index (χ4v) is 2.15. The first-order valence-electron chi connectivity index (χ1n) is 4.23. The normalized spacial score (nSPS) is 21.2. The van der Waals surface area contributed by atoms with Gasteiger partial charge >= 0.3 is 28.9 Å². The Balaban J connectivity index is 0.000000188. The van der Waals surface area contributed by atoms with Crippen LogP contribution in [0.1, 0.15) is 11.0 Å². The van der Waals surface area contributed by atoms with Crippen LogP contribution in [0, 0.1) is 10.2 Å². The quantitative estimate of drug-likeness (QED) is 0.456. The number of rotatable bonds is 0. The van der Waals surface area contributed by atoms with Crippen LogP contribution in [0.25, 0.3) is 0 Å². The van der Waals surface area contributed by atoms with Crippen LogP contribution in [0.15, 0.2) is 26.6 Å². The fourth-order valence-electron chi connectivity index (χ4n) is 1.30. The van der Waals surface area contributed by atoms with E-state index in [0.717, 1.165) is 5.84 Å². The summed E-state index contributed by atoms with van der Waals surface area (Å²) in [5.74, 6) is 0.803. The third-order valence-corrected chi connectivity index (χ3v) is 2.80. The number of fused-ring (bicyclic) bond motifs is 3. The van der Waals surface area contributed by atoms with Gasteiger partial charge in [-0.1, -0.05) is 0 Å². The van der Waals surface area contributed by atoms with E-state index in [4.69, 9.17) is 18.6 Å². The number of thiazole rings is 1. The molecule has 0 spiro atoms. The first kappa shape index (κ1) is 12.2. The summed E-state index contributed by atoms with van der Waals surface area (Å²) in [6.45, 7) is 0. The van der Waals surface area contributed by atoms with E-state index in [-0.39, 0.29) is 6.04 Å². The second-order valence-electron chi connectivity index (χ2n) is 2.98. The van der Waals surface area contributed by atoms with Crippen molar-refractivity contribution in [3.8, 4) is 0 Å². The molecule has 0 saturated carbocycles. The molecule has 0 amide bonds. The molecule has 8 nitrogen and oxygen atoms in total. The maximum absolute atomic E-state index is 8.83. The van der Waals surface area contributed by atoms with E-state index < -0.39 is 10.2 Å². The molecule has 1 unspecified atom stereocenters. The number of nitrogens with zero attached hydrogens (tertiary/aromatic N) is 4. The molecule has 1 aromatic heterocycles. The van der Waals surface area contributed by atoms with Crippen molar-refractivity contribution in [2.75, 3.05) is 0 Å². The van der Waals surface area contributed by atoms with Gasteiger partial charge in [0.1, 0.15) is 12.5 Å². The van der Waals surface area contributed by atoms with Crippen molar-refractivity contribution in [2.24, 2.45) is 15.0 Å². The molecule has 1 atom stereocenters. The summed E-state index contributed by atoms with van der Waals surface area (Å²) >= 11 is 1.68. The average Bonchev–Trinajstić information content (AvgIpc) is 2.82. The molecule has 17 heavy (non-hydrogen) atoms. The minimum atomic E-state index is -4.19. The SMILES string of the molecule is C1=NC2=NC=NC2c2scc[n+]21.[O-][Cl+](O)(O)O. The molecule has 0 bridgehead atoms. The molecular weight excluding hydrogens is 272 g/mol. The van der Waals surface area contributed by atoms with Gasteiger partial charge in [-0.15, -0.1) is 11.3 Å². The molecule has 3 heterocycles. The Bertz CT molecular complexity index is 500. The van der Waals surface area contributed by atoms with E-state index in [1.54, 1.807) is 24.0 Å². The summed E-state index contributed by atoms with van der Waals surface area (Å²) in [6.07, 6.45) is 5.33. The monoisotopic (exact) mass is 279 g/mol. The van der Waals surface area contributed by atoms with E-state index in [9.17, 15) is 0 Å². The first-order valence-corrected chi connectivity index (χ1v) is 6.43. The number of aromatic nitrogens is 1. The van der Waals surface area contributed by atoms with Crippen LogP contribution >= 0.6 is 11.3 Å². The van der Waals surface area contributed by atoms with Crippen molar-refractivity contribution >= 4 is 29.8 Å². The Hall–Kier alpha value is -1.23. The summed E-state index contributed by atoms with van der Waals surface area (Å²) in [6, 6.07) is 0.0509. The van der Waals surface area contributed by atoms with Crippen LogP contribution in [0.5, 0.6) is 0 Å². The predicted octanol–water partition coefficient (Wildman–Crippen LogP) is -2.45.